The van der Waals surface area contributed by atoms with Gasteiger partial charge in [-0.05, 0) is 30.9 Å². The number of nitrogens with zero attached hydrogens (tertiary/aromatic N) is 3. The smallest absolute Gasteiger partial charge is 0.244 e. The summed E-state index contributed by atoms with van der Waals surface area (Å²) in [7, 11) is -3.60. The number of pyridine rings is 1. The molecule has 0 spiro atoms. The zero-order valence-electron chi connectivity index (χ0n) is 10.2. The van der Waals surface area contributed by atoms with Gasteiger partial charge in [0, 0.05) is 19.3 Å². The minimum atomic E-state index is -3.60. The molecular formula is C12H15N3O2S. The molecule has 1 saturated carbocycles. The molecule has 0 radical (unpaired) electrons. The average molecular weight is 265 g/mol. The Balaban J connectivity index is 2.36. The van der Waals surface area contributed by atoms with Crippen molar-refractivity contribution in [1.82, 2.24) is 9.29 Å². The Morgan fingerprint density at radius 1 is 1.56 bits per heavy atom. The third-order valence-electron chi connectivity index (χ3n) is 3.01. The minimum absolute atomic E-state index is 0.00926. The molecule has 0 atom stereocenters. The molecule has 0 N–H and O–H groups in total. The molecule has 0 saturated heterocycles. The lowest BCUT2D eigenvalue weighted by Gasteiger charge is -2.20. The first-order valence-corrected chi connectivity index (χ1v) is 7.39. The van der Waals surface area contributed by atoms with Crippen molar-refractivity contribution in [2.75, 3.05) is 13.1 Å². The van der Waals surface area contributed by atoms with Crippen LogP contribution < -0.4 is 0 Å². The van der Waals surface area contributed by atoms with Crippen LogP contribution in [0.4, 0.5) is 0 Å². The summed E-state index contributed by atoms with van der Waals surface area (Å²) in [5.74, 6) is 0.474. The van der Waals surface area contributed by atoms with E-state index in [1.165, 1.54) is 16.6 Å². The second kappa shape index (κ2) is 5.04. The summed E-state index contributed by atoms with van der Waals surface area (Å²) in [4.78, 5) is 3.82. The summed E-state index contributed by atoms with van der Waals surface area (Å²) < 4.78 is 26.3. The van der Waals surface area contributed by atoms with Crippen molar-refractivity contribution in [2.24, 2.45) is 5.92 Å². The molecule has 2 rings (SSSR count). The second-order valence-corrected chi connectivity index (χ2v) is 6.27. The summed E-state index contributed by atoms with van der Waals surface area (Å²) in [6.45, 7) is 2.76. The minimum Gasteiger partial charge on any atom is -0.244 e. The standard InChI is InChI=1S/C12H15N3O2S/c1-2-15(9-10-5-6-10)18(16,17)12-4-3-7-14-11(12)8-13/h3-4,7,10H,2,5-6,9H2,1H3. The number of sulfonamides is 1. The largest absolute Gasteiger partial charge is 0.245 e. The van der Waals surface area contributed by atoms with Crippen LogP contribution in [0.2, 0.25) is 0 Å². The highest BCUT2D eigenvalue weighted by molar-refractivity contribution is 7.89. The van der Waals surface area contributed by atoms with Crippen LogP contribution in [0.15, 0.2) is 23.2 Å². The summed E-state index contributed by atoms with van der Waals surface area (Å²) in [6.07, 6.45) is 3.60. The van der Waals surface area contributed by atoms with E-state index in [4.69, 9.17) is 5.26 Å². The van der Waals surface area contributed by atoms with Gasteiger partial charge in [-0.15, -0.1) is 0 Å². The van der Waals surface area contributed by atoms with Gasteiger partial charge in [-0.3, -0.25) is 0 Å². The Morgan fingerprint density at radius 2 is 2.28 bits per heavy atom. The molecule has 0 unspecified atom stereocenters. The van der Waals surface area contributed by atoms with Crippen LogP contribution in [0.25, 0.3) is 0 Å². The van der Waals surface area contributed by atoms with Crippen molar-refractivity contribution in [3.63, 3.8) is 0 Å². The Labute approximate surface area is 107 Å². The van der Waals surface area contributed by atoms with E-state index < -0.39 is 10.0 Å². The fourth-order valence-corrected chi connectivity index (χ4v) is 3.43. The van der Waals surface area contributed by atoms with Gasteiger partial charge in [0.05, 0.1) is 0 Å². The number of hydrogen-bond acceptors (Lipinski definition) is 4. The van der Waals surface area contributed by atoms with Crippen molar-refractivity contribution < 1.29 is 8.42 Å². The molecule has 0 bridgehead atoms. The van der Waals surface area contributed by atoms with Gasteiger partial charge >= 0.3 is 0 Å². The molecule has 96 valence electrons. The van der Waals surface area contributed by atoms with Crippen LogP contribution >= 0.6 is 0 Å². The number of aromatic nitrogens is 1. The van der Waals surface area contributed by atoms with Crippen molar-refractivity contribution in [1.29, 1.82) is 5.26 Å². The van der Waals surface area contributed by atoms with Gasteiger partial charge in [0.1, 0.15) is 11.0 Å². The molecule has 1 aromatic rings. The highest BCUT2D eigenvalue weighted by atomic mass is 32.2. The SMILES string of the molecule is CCN(CC1CC1)S(=O)(=O)c1cccnc1C#N. The average Bonchev–Trinajstić information content (AvgIpc) is 3.19. The first kappa shape index (κ1) is 13.0. The Bertz CT molecular complexity index is 573. The lowest BCUT2D eigenvalue weighted by atomic mass is 10.4. The van der Waals surface area contributed by atoms with Gasteiger partial charge in [0.25, 0.3) is 0 Å². The van der Waals surface area contributed by atoms with Crippen molar-refractivity contribution in [3.8, 4) is 6.07 Å². The second-order valence-electron chi connectivity index (χ2n) is 4.36. The summed E-state index contributed by atoms with van der Waals surface area (Å²) in [5.41, 5.74) is -0.0354. The number of nitriles is 1. The molecule has 0 aliphatic heterocycles. The Hall–Kier alpha value is -1.45. The normalized spacial score (nSPS) is 15.6. The van der Waals surface area contributed by atoms with Gasteiger partial charge in [-0.2, -0.15) is 9.57 Å². The fourth-order valence-electron chi connectivity index (χ4n) is 1.81. The molecule has 1 aliphatic rings. The van der Waals surface area contributed by atoms with E-state index in [1.54, 1.807) is 6.07 Å². The molecule has 18 heavy (non-hydrogen) atoms. The molecule has 1 aromatic heterocycles. The van der Waals surface area contributed by atoms with E-state index >= 15 is 0 Å². The van der Waals surface area contributed by atoms with Crippen LogP contribution in [0.3, 0.4) is 0 Å². The number of hydrogen-bond donors (Lipinski definition) is 0. The summed E-state index contributed by atoms with van der Waals surface area (Å²) in [6, 6.07) is 4.81. The van der Waals surface area contributed by atoms with Gasteiger partial charge in [-0.25, -0.2) is 13.4 Å². The number of rotatable bonds is 5. The molecule has 1 aliphatic carbocycles. The first-order valence-electron chi connectivity index (χ1n) is 5.95. The maximum Gasteiger partial charge on any atom is 0.245 e. The van der Waals surface area contributed by atoms with E-state index in [1.807, 2.05) is 13.0 Å². The molecule has 6 heteroatoms. The molecule has 0 amide bonds. The molecule has 1 heterocycles. The highest BCUT2D eigenvalue weighted by Crippen LogP contribution is 2.31. The van der Waals surface area contributed by atoms with Crippen LogP contribution in [-0.2, 0) is 10.0 Å². The summed E-state index contributed by atoms with van der Waals surface area (Å²) in [5, 5.41) is 8.94. The van der Waals surface area contributed by atoms with Gasteiger partial charge < -0.3 is 0 Å². The third kappa shape index (κ3) is 2.52. The maximum absolute atomic E-state index is 12.4. The quantitative estimate of drug-likeness (QED) is 0.806. The predicted molar refractivity (Wildman–Crippen MR) is 66.1 cm³/mol. The van der Waals surface area contributed by atoms with Crippen LogP contribution in [0, 0.1) is 17.2 Å². The lowest BCUT2D eigenvalue weighted by Crippen LogP contribution is -2.33. The molecular weight excluding hydrogens is 250 g/mol. The van der Waals surface area contributed by atoms with E-state index in [0.717, 1.165) is 12.8 Å². The molecule has 1 fully saturated rings. The van der Waals surface area contributed by atoms with Crippen molar-refractivity contribution in [2.45, 2.75) is 24.7 Å². The zero-order chi connectivity index (χ0) is 13.2. The molecule has 5 nitrogen and oxygen atoms in total. The maximum atomic E-state index is 12.4. The highest BCUT2D eigenvalue weighted by Gasteiger charge is 2.32. The van der Waals surface area contributed by atoms with E-state index in [0.29, 0.717) is 19.0 Å². The van der Waals surface area contributed by atoms with Crippen LogP contribution in [0.5, 0.6) is 0 Å². The zero-order valence-corrected chi connectivity index (χ0v) is 11.0. The lowest BCUT2D eigenvalue weighted by molar-refractivity contribution is 0.411. The van der Waals surface area contributed by atoms with Gasteiger partial charge in [0.2, 0.25) is 10.0 Å². The molecule has 0 aromatic carbocycles. The monoisotopic (exact) mass is 265 g/mol. The summed E-state index contributed by atoms with van der Waals surface area (Å²) >= 11 is 0. The third-order valence-corrected chi connectivity index (χ3v) is 4.98. The predicted octanol–water partition coefficient (Wildman–Crippen LogP) is 1.37. The fraction of sp³-hybridized carbons (Fsp3) is 0.500. The van der Waals surface area contributed by atoms with E-state index in [-0.39, 0.29) is 10.6 Å². The first-order chi connectivity index (χ1) is 8.59. The van der Waals surface area contributed by atoms with Gasteiger partial charge in [-0.1, -0.05) is 6.92 Å². The topological polar surface area (TPSA) is 74.1 Å². The van der Waals surface area contributed by atoms with Gasteiger partial charge in [0.15, 0.2) is 5.69 Å². The Kier molecular flexibility index (Phi) is 3.64. The van der Waals surface area contributed by atoms with Crippen molar-refractivity contribution in [3.05, 3.63) is 24.0 Å². The van der Waals surface area contributed by atoms with E-state index in [9.17, 15) is 8.42 Å². The Morgan fingerprint density at radius 3 is 2.83 bits per heavy atom. The van der Waals surface area contributed by atoms with Crippen LogP contribution in [-0.4, -0.2) is 30.8 Å². The van der Waals surface area contributed by atoms with Crippen molar-refractivity contribution >= 4 is 10.0 Å². The van der Waals surface area contributed by atoms with E-state index in [2.05, 4.69) is 4.98 Å². The van der Waals surface area contributed by atoms with Crippen LogP contribution in [0.1, 0.15) is 25.5 Å².